The number of rotatable bonds is 2. The summed E-state index contributed by atoms with van der Waals surface area (Å²) >= 11 is 1.91. The molecule has 2 heterocycles. The van der Waals surface area contributed by atoms with E-state index in [1.165, 1.54) is 0 Å². The highest BCUT2D eigenvalue weighted by atomic mass is 127. The Morgan fingerprint density at radius 3 is 2.32 bits per heavy atom. The first-order valence-electron chi connectivity index (χ1n) is 8.01. The van der Waals surface area contributed by atoms with Crippen LogP contribution in [0.2, 0.25) is 19.6 Å². The van der Waals surface area contributed by atoms with E-state index in [9.17, 15) is 14.4 Å². The first-order chi connectivity index (χ1) is 11.6. The van der Waals surface area contributed by atoms with E-state index in [0.717, 1.165) is 0 Å². The number of ketones is 2. The lowest BCUT2D eigenvalue weighted by molar-refractivity contribution is -0.154. The summed E-state index contributed by atoms with van der Waals surface area (Å²) in [6.07, 6.45) is -0.832. The van der Waals surface area contributed by atoms with Gasteiger partial charge in [-0.2, -0.15) is 0 Å². The Bertz CT molecular complexity index is 818. The van der Waals surface area contributed by atoms with Crippen molar-refractivity contribution < 1.29 is 28.3 Å². The fraction of sp³-hybridized carbons (Fsp3) is 0.471. The summed E-state index contributed by atoms with van der Waals surface area (Å²) in [5.74, 6) is -1.30. The number of hydrogen-bond donors (Lipinski definition) is 0. The second-order valence-corrected chi connectivity index (χ2v) is 13.3. The summed E-state index contributed by atoms with van der Waals surface area (Å²) < 4.78 is 17.1. The van der Waals surface area contributed by atoms with Crippen LogP contribution in [-0.2, 0) is 18.7 Å². The van der Waals surface area contributed by atoms with Crippen LogP contribution in [0, 0.1) is 0 Å². The van der Waals surface area contributed by atoms with Gasteiger partial charge >= 0.3 is 5.97 Å². The van der Waals surface area contributed by atoms with Crippen molar-refractivity contribution in [2.45, 2.75) is 40.9 Å². The van der Waals surface area contributed by atoms with E-state index in [0.29, 0.717) is 5.56 Å². The van der Waals surface area contributed by atoms with Crippen LogP contribution in [0.5, 0.6) is 0 Å². The van der Waals surface area contributed by atoms with Gasteiger partial charge in [-0.1, -0.05) is 46.9 Å². The van der Waals surface area contributed by atoms with Gasteiger partial charge in [-0.05, 0) is 19.6 Å². The van der Waals surface area contributed by atoms with E-state index in [2.05, 4.69) is 0 Å². The minimum atomic E-state index is -2.29. The van der Waals surface area contributed by atoms with E-state index in [1.54, 1.807) is 24.3 Å². The molecule has 0 bridgehead atoms. The summed E-state index contributed by atoms with van der Waals surface area (Å²) in [6.45, 7) is 5.70. The molecule has 0 radical (unpaired) electrons. The van der Waals surface area contributed by atoms with Crippen molar-refractivity contribution in [2.24, 2.45) is 0 Å². The van der Waals surface area contributed by atoms with Gasteiger partial charge < -0.3 is 13.9 Å². The third-order valence-corrected chi connectivity index (χ3v) is 6.94. The fourth-order valence-electron chi connectivity index (χ4n) is 4.00. The molecule has 0 N–H and O–H groups in total. The van der Waals surface area contributed by atoms with Crippen LogP contribution in [0.4, 0.5) is 0 Å². The molecular weight excluding hydrogens is 455 g/mol. The average Bonchev–Trinajstić information content (AvgIpc) is 2.99. The molecule has 0 amide bonds. The molecule has 0 saturated carbocycles. The summed E-state index contributed by atoms with van der Waals surface area (Å²) in [5, 5.41) is 0. The van der Waals surface area contributed by atoms with Crippen LogP contribution in [0.3, 0.4) is 0 Å². The van der Waals surface area contributed by atoms with Gasteiger partial charge in [0.2, 0.25) is 17.2 Å². The van der Waals surface area contributed by atoms with Gasteiger partial charge in [0.05, 0.1) is 6.61 Å². The van der Waals surface area contributed by atoms with Crippen LogP contribution < -0.4 is 0 Å². The standard InChI is InChI=1S/C17H17IO6Si/c1-25(2,3)24-16-8-22-14-11(18)15(21)23-17(14,16)13(20)10-7-5-4-6-9(10)12(16)19/h4-7,11,14H,8H2,1-3H3/t11?,14-,16+,17+/m0/s1. The predicted molar refractivity (Wildman–Crippen MR) is 98.6 cm³/mol. The smallest absolute Gasteiger partial charge is 0.323 e. The van der Waals surface area contributed by atoms with Crippen LogP contribution in [0.15, 0.2) is 24.3 Å². The van der Waals surface area contributed by atoms with E-state index < -0.39 is 41.3 Å². The Labute approximate surface area is 159 Å². The van der Waals surface area contributed by atoms with Gasteiger partial charge in [0.15, 0.2) is 13.9 Å². The lowest BCUT2D eigenvalue weighted by Crippen LogP contribution is -2.71. The van der Waals surface area contributed by atoms with Crippen molar-refractivity contribution >= 4 is 48.4 Å². The topological polar surface area (TPSA) is 78.9 Å². The number of hydrogen-bond acceptors (Lipinski definition) is 6. The first kappa shape index (κ1) is 17.3. The molecule has 3 aliphatic rings. The van der Waals surface area contributed by atoms with Gasteiger partial charge in [0.25, 0.3) is 0 Å². The lowest BCUT2D eigenvalue weighted by atomic mass is 9.67. The third-order valence-electron chi connectivity index (χ3n) is 4.82. The monoisotopic (exact) mass is 472 g/mol. The number of fused-ring (bicyclic) bond motifs is 1. The van der Waals surface area contributed by atoms with Crippen molar-refractivity contribution in [1.82, 2.24) is 0 Å². The average molecular weight is 472 g/mol. The molecule has 0 aromatic heterocycles. The Balaban J connectivity index is 2.02. The molecule has 2 aliphatic heterocycles. The Morgan fingerprint density at radius 2 is 1.72 bits per heavy atom. The van der Waals surface area contributed by atoms with E-state index >= 15 is 0 Å². The number of carbonyl (C=O) groups is 3. The molecule has 1 aromatic carbocycles. The number of ether oxygens (including phenoxy) is 2. The molecule has 25 heavy (non-hydrogen) atoms. The van der Waals surface area contributed by atoms with Crippen molar-refractivity contribution in [1.29, 1.82) is 0 Å². The number of Topliss-reactive ketones (excluding diaryl/α,β-unsaturated/α-hetero) is 2. The Hall–Kier alpha value is -1.10. The predicted octanol–water partition coefficient (Wildman–Crippen LogP) is 2.15. The highest BCUT2D eigenvalue weighted by Crippen LogP contribution is 2.54. The van der Waals surface area contributed by atoms with Crippen molar-refractivity contribution in [3.8, 4) is 0 Å². The molecule has 132 valence electrons. The molecule has 1 aliphatic carbocycles. The second kappa shape index (κ2) is 5.21. The van der Waals surface area contributed by atoms with E-state index in [1.807, 2.05) is 42.2 Å². The molecule has 1 unspecified atom stereocenters. The number of alkyl halides is 1. The highest BCUT2D eigenvalue weighted by molar-refractivity contribution is 14.1. The maximum atomic E-state index is 13.5. The van der Waals surface area contributed by atoms with Crippen molar-refractivity contribution in [3.63, 3.8) is 0 Å². The number of carbonyl (C=O) groups excluding carboxylic acids is 3. The number of halogens is 1. The Kier molecular flexibility index (Phi) is 3.61. The molecular formula is C17H17IO6Si. The SMILES string of the molecule is C[Si](C)(C)O[C@@]12CO[C@H]3C(I)C(=O)O[C@]31C(=O)c1ccccc1C2=O. The highest BCUT2D eigenvalue weighted by Gasteiger charge is 2.80. The zero-order valence-corrected chi connectivity index (χ0v) is 17.2. The lowest BCUT2D eigenvalue weighted by Gasteiger charge is -2.46. The molecule has 1 aromatic rings. The molecule has 8 heteroatoms. The largest absolute Gasteiger partial charge is 0.443 e. The summed E-state index contributed by atoms with van der Waals surface area (Å²) in [4.78, 5) is 39.2. The molecule has 1 spiro atoms. The summed E-state index contributed by atoms with van der Waals surface area (Å²) in [7, 11) is -2.29. The Morgan fingerprint density at radius 1 is 1.12 bits per heavy atom. The normalized spacial score (nSPS) is 36.7. The molecule has 6 nitrogen and oxygen atoms in total. The first-order valence-corrected chi connectivity index (χ1v) is 12.7. The molecule has 4 rings (SSSR count). The van der Waals surface area contributed by atoms with E-state index in [4.69, 9.17) is 13.9 Å². The number of benzene rings is 1. The van der Waals surface area contributed by atoms with Crippen LogP contribution in [0.25, 0.3) is 0 Å². The maximum Gasteiger partial charge on any atom is 0.323 e. The second-order valence-electron chi connectivity index (χ2n) is 7.54. The number of esters is 1. The summed E-state index contributed by atoms with van der Waals surface area (Å²) in [5.41, 5.74) is -2.78. The third kappa shape index (κ3) is 2.05. The van der Waals surface area contributed by atoms with Gasteiger partial charge in [0.1, 0.15) is 10.0 Å². The van der Waals surface area contributed by atoms with Gasteiger partial charge in [-0.25, -0.2) is 0 Å². The van der Waals surface area contributed by atoms with Gasteiger partial charge in [0, 0.05) is 11.1 Å². The van der Waals surface area contributed by atoms with E-state index in [-0.39, 0.29) is 18.0 Å². The quantitative estimate of drug-likeness (QED) is 0.284. The minimum absolute atomic E-state index is 0.0897. The molecule has 4 atom stereocenters. The van der Waals surface area contributed by atoms with Crippen molar-refractivity contribution in [3.05, 3.63) is 35.4 Å². The zero-order valence-electron chi connectivity index (χ0n) is 14.0. The van der Waals surface area contributed by atoms with Gasteiger partial charge in [-0.15, -0.1) is 0 Å². The van der Waals surface area contributed by atoms with Crippen LogP contribution in [-0.4, -0.2) is 53.7 Å². The molecule has 2 fully saturated rings. The molecule has 2 saturated heterocycles. The maximum absolute atomic E-state index is 13.5. The fourth-order valence-corrected chi connectivity index (χ4v) is 6.19. The minimum Gasteiger partial charge on any atom is -0.443 e. The van der Waals surface area contributed by atoms with Gasteiger partial charge in [-0.3, -0.25) is 14.4 Å². The summed E-state index contributed by atoms with van der Waals surface area (Å²) in [6, 6.07) is 6.60. The zero-order chi connectivity index (χ0) is 18.2. The van der Waals surface area contributed by atoms with Crippen LogP contribution in [0.1, 0.15) is 20.7 Å². The van der Waals surface area contributed by atoms with Crippen molar-refractivity contribution in [2.75, 3.05) is 6.61 Å². The van der Waals surface area contributed by atoms with Crippen LogP contribution >= 0.6 is 22.6 Å².